The number of para-hydroxylation sites is 1. The van der Waals surface area contributed by atoms with Gasteiger partial charge in [0.25, 0.3) is 0 Å². The smallest absolute Gasteiger partial charge is 0.329 e. The van der Waals surface area contributed by atoms with Crippen LogP contribution in [0.25, 0.3) is 0 Å². The van der Waals surface area contributed by atoms with Crippen LogP contribution in [0.1, 0.15) is 11.1 Å². The quantitative estimate of drug-likeness (QED) is 0.855. The fourth-order valence-electron chi connectivity index (χ4n) is 2.27. The molecule has 0 saturated heterocycles. The van der Waals surface area contributed by atoms with Gasteiger partial charge < -0.3 is 10.1 Å². The zero-order valence-corrected chi connectivity index (χ0v) is 10.5. The Labute approximate surface area is 112 Å². The monoisotopic (exact) mass is 253 g/mol. The maximum absolute atomic E-state index is 12.0. The zero-order chi connectivity index (χ0) is 13.1. The molecule has 0 aromatic heterocycles. The van der Waals surface area contributed by atoms with Crippen molar-refractivity contribution in [3.8, 4) is 0 Å². The topological polar surface area (TPSA) is 38.3 Å². The molecule has 96 valence electrons. The Kier molecular flexibility index (Phi) is 3.19. The van der Waals surface area contributed by atoms with Gasteiger partial charge in [0.05, 0.1) is 0 Å². The first-order valence-corrected chi connectivity index (χ1v) is 6.38. The van der Waals surface area contributed by atoms with Crippen LogP contribution in [-0.4, -0.2) is 12.0 Å². The summed E-state index contributed by atoms with van der Waals surface area (Å²) in [7, 11) is 0. The third kappa shape index (κ3) is 2.60. The van der Waals surface area contributed by atoms with Gasteiger partial charge >= 0.3 is 5.97 Å². The number of carbonyl (C=O) groups excluding carboxylic acids is 1. The lowest BCUT2D eigenvalue weighted by Gasteiger charge is -2.11. The van der Waals surface area contributed by atoms with E-state index in [1.165, 1.54) is 5.56 Å². The van der Waals surface area contributed by atoms with Gasteiger partial charge in [-0.15, -0.1) is 0 Å². The summed E-state index contributed by atoms with van der Waals surface area (Å²) in [6, 6.07) is 17.4. The molecule has 0 saturated carbocycles. The van der Waals surface area contributed by atoms with E-state index >= 15 is 0 Å². The van der Waals surface area contributed by atoms with Gasteiger partial charge in [-0.3, -0.25) is 0 Å². The molecule has 2 aromatic rings. The van der Waals surface area contributed by atoms with Crippen LogP contribution in [0.2, 0.25) is 0 Å². The van der Waals surface area contributed by atoms with Gasteiger partial charge in [0.2, 0.25) is 0 Å². The Hall–Kier alpha value is -2.29. The van der Waals surface area contributed by atoms with E-state index in [4.69, 9.17) is 4.74 Å². The van der Waals surface area contributed by atoms with E-state index in [1.807, 2.05) is 54.6 Å². The second-order valence-electron chi connectivity index (χ2n) is 4.65. The summed E-state index contributed by atoms with van der Waals surface area (Å²) in [6.45, 7) is 0.328. The molecule has 3 rings (SSSR count). The lowest BCUT2D eigenvalue weighted by molar-refractivity contribution is -0.145. The fraction of sp³-hybridized carbons (Fsp3) is 0.188. The summed E-state index contributed by atoms with van der Waals surface area (Å²) in [4.78, 5) is 12.0. The highest BCUT2D eigenvalue weighted by Crippen LogP contribution is 2.25. The normalized spacial score (nSPS) is 16.5. The summed E-state index contributed by atoms with van der Waals surface area (Å²) < 4.78 is 5.34. The minimum atomic E-state index is -0.263. The first kappa shape index (κ1) is 11.8. The molecular formula is C16H15NO2. The van der Waals surface area contributed by atoms with Gasteiger partial charge in [-0.05, 0) is 17.2 Å². The molecule has 0 aliphatic carbocycles. The molecule has 3 heteroatoms. The highest BCUT2D eigenvalue weighted by molar-refractivity contribution is 5.82. The predicted molar refractivity (Wildman–Crippen MR) is 73.8 cm³/mol. The van der Waals surface area contributed by atoms with Crippen LogP contribution >= 0.6 is 0 Å². The number of hydrogen-bond donors (Lipinski definition) is 1. The van der Waals surface area contributed by atoms with E-state index in [2.05, 4.69) is 5.32 Å². The average molecular weight is 253 g/mol. The molecule has 0 bridgehead atoms. The number of ether oxygens (including phenoxy) is 1. The Balaban J connectivity index is 1.58. The summed E-state index contributed by atoms with van der Waals surface area (Å²) in [5.41, 5.74) is 3.21. The first-order valence-electron chi connectivity index (χ1n) is 6.38. The van der Waals surface area contributed by atoms with Crippen LogP contribution in [0.5, 0.6) is 0 Å². The molecule has 0 spiro atoms. The lowest BCUT2D eigenvalue weighted by Crippen LogP contribution is -2.28. The molecule has 0 unspecified atom stereocenters. The van der Waals surface area contributed by atoms with Gasteiger partial charge in [0, 0.05) is 12.1 Å². The standard InChI is InChI=1S/C16H15NO2/c18-16(19-11-12-6-2-1-3-7-12)15-10-13-8-4-5-9-14(13)17-15/h1-9,15,17H,10-11H2/t15-/m0/s1. The van der Waals surface area contributed by atoms with E-state index in [-0.39, 0.29) is 12.0 Å². The van der Waals surface area contributed by atoms with Crippen LogP contribution in [0.4, 0.5) is 5.69 Å². The van der Waals surface area contributed by atoms with Crippen molar-refractivity contribution >= 4 is 11.7 Å². The fourth-order valence-corrected chi connectivity index (χ4v) is 2.27. The summed E-state index contributed by atoms with van der Waals surface area (Å²) in [5.74, 6) is -0.194. The van der Waals surface area contributed by atoms with Gasteiger partial charge in [-0.25, -0.2) is 4.79 Å². The number of esters is 1. The molecule has 1 aliphatic rings. The molecule has 0 amide bonds. The average Bonchev–Trinajstić information content (AvgIpc) is 2.90. The number of nitrogens with one attached hydrogen (secondary N) is 1. The largest absolute Gasteiger partial charge is 0.459 e. The van der Waals surface area contributed by atoms with Crippen molar-refractivity contribution in [2.75, 3.05) is 5.32 Å². The molecular weight excluding hydrogens is 238 g/mol. The van der Waals surface area contributed by atoms with Gasteiger partial charge in [0.1, 0.15) is 12.6 Å². The third-order valence-corrected chi connectivity index (χ3v) is 3.28. The number of hydrogen-bond acceptors (Lipinski definition) is 3. The van der Waals surface area contributed by atoms with Gasteiger partial charge in [0.15, 0.2) is 0 Å². The molecule has 1 heterocycles. The van der Waals surface area contributed by atoms with Crippen LogP contribution in [0.3, 0.4) is 0 Å². The van der Waals surface area contributed by atoms with Gasteiger partial charge in [-0.2, -0.15) is 0 Å². The second-order valence-corrected chi connectivity index (χ2v) is 4.65. The minimum absolute atomic E-state index is 0.194. The van der Waals surface area contributed by atoms with E-state index in [0.717, 1.165) is 11.3 Å². The van der Waals surface area contributed by atoms with Crippen molar-refractivity contribution in [2.24, 2.45) is 0 Å². The number of carbonyl (C=O) groups is 1. The Morgan fingerprint density at radius 1 is 1.11 bits per heavy atom. The maximum atomic E-state index is 12.0. The second kappa shape index (κ2) is 5.14. The highest BCUT2D eigenvalue weighted by Gasteiger charge is 2.27. The van der Waals surface area contributed by atoms with Crippen LogP contribution in [-0.2, 0) is 22.6 Å². The van der Waals surface area contributed by atoms with Crippen molar-refractivity contribution in [1.29, 1.82) is 0 Å². The van der Waals surface area contributed by atoms with Crippen LogP contribution in [0.15, 0.2) is 54.6 Å². The summed E-state index contributed by atoms with van der Waals surface area (Å²) in [6.07, 6.45) is 0.698. The minimum Gasteiger partial charge on any atom is -0.459 e. The molecule has 1 aliphatic heterocycles. The lowest BCUT2D eigenvalue weighted by atomic mass is 10.1. The molecule has 19 heavy (non-hydrogen) atoms. The molecule has 0 fully saturated rings. The Bertz CT molecular complexity index is 555. The number of benzene rings is 2. The molecule has 0 radical (unpaired) electrons. The van der Waals surface area contributed by atoms with E-state index < -0.39 is 0 Å². The van der Waals surface area contributed by atoms with E-state index in [0.29, 0.717) is 13.0 Å². The third-order valence-electron chi connectivity index (χ3n) is 3.28. The van der Waals surface area contributed by atoms with E-state index in [9.17, 15) is 4.79 Å². The summed E-state index contributed by atoms with van der Waals surface area (Å²) in [5, 5.41) is 3.20. The van der Waals surface area contributed by atoms with Crippen molar-refractivity contribution in [1.82, 2.24) is 0 Å². The molecule has 3 nitrogen and oxygen atoms in total. The molecule has 1 N–H and O–H groups in total. The summed E-state index contributed by atoms with van der Waals surface area (Å²) >= 11 is 0. The number of rotatable bonds is 3. The first-order chi connectivity index (χ1) is 9.33. The Morgan fingerprint density at radius 2 is 1.84 bits per heavy atom. The predicted octanol–water partition coefficient (Wildman–Crippen LogP) is 2.77. The Morgan fingerprint density at radius 3 is 2.63 bits per heavy atom. The molecule has 1 atom stereocenters. The van der Waals surface area contributed by atoms with E-state index in [1.54, 1.807) is 0 Å². The highest BCUT2D eigenvalue weighted by atomic mass is 16.5. The van der Waals surface area contributed by atoms with Gasteiger partial charge in [-0.1, -0.05) is 48.5 Å². The van der Waals surface area contributed by atoms with Crippen molar-refractivity contribution < 1.29 is 9.53 Å². The number of anilines is 1. The maximum Gasteiger partial charge on any atom is 0.329 e. The van der Waals surface area contributed by atoms with Crippen molar-refractivity contribution in [3.63, 3.8) is 0 Å². The molecule has 2 aromatic carbocycles. The van der Waals surface area contributed by atoms with Crippen molar-refractivity contribution in [3.05, 3.63) is 65.7 Å². The van der Waals surface area contributed by atoms with Crippen LogP contribution < -0.4 is 5.32 Å². The van der Waals surface area contributed by atoms with Crippen molar-refractivity contribution in [2.45, 2.75) is 19.1 Å². The van der Waals surface area contributed by atoms with Crippen LogP contribution in [0, 0.1) is 0 Å². The number of fused-ring (bicyclic) bond motifs is 1. The SMILES string of the molecule is O=C(OCc1ccccc1)[C@@H]1Cc2ccccc2N1. The zero-order valence-electron chi connectivity index (χ0n) is 10.5.